The quantitative estimate of drug-likeness (QED) is 0.743. The Balaban J connectivity index is 1.33. The number of nitrogens with zero attached hydrogens (tertiary/aromatic N) is 1. The largest absolute Gasteiger partial charge is 0.486 e. The lowest BCUT2D eigenvalue weighted by molar-refractivity contribution is -0.135. The average Bonchev–Trinajstić information content (AvgIpc) is 3.31. The molecule has 4 amide bonds. The van der Waals surface area contributed by atoms with Crippen LogP contribution in [0.4, 0.5) is 4.79 Å². The van der Waals surface area contributed by atoms with Gasteiger partial charge < -0.3 is 24.5 Å². The Morgan fingerprint density at radius 2 is 2.04 bits per heavy atom. The van der Waals surface area contributed by atoms with E-state index in [4.69, 9.17) is 13.9 Å². The number of ether oxygens (including phenoxy) is 2. The van der Waals surface area contributed by atoms with E-state index in [1.807, 2.05) is 12.1 Å². The minimum atomic E-state index is -1.33. The number of rotatable bonds is 5. The van der Waals surface area contributed by atoms with Gasteiger partial charge in [0.25, 0.3) is 5.91 Å². The van der Waals surface area contributed by atoms with Crippen LogP contribution >= 0.6 is 0 Å². The fourth-order valence-electron chi connectivity index (χ4n) is 3.16. The van der Waals surface area contributed by atoms with Gasteiger partial charge in [0.1, 0.15) is 25.0 Å². The van der Waals surface area contributed by atoms with E-state index in [1.54, 1.807) is 24.3 Å². The summed E-state index contributed by atoms with van der Waals surface area (Å²) < 4.78 is 16.6. The van der Waals surface area contributed by atoms with Gasteiger partial charge in [0.15, 0.2) is 17.0 Å². The first-order valence-corrected chi connectivity index (χ1v) is 8.80. The van der Waals surface area contributed by atoms with Crippen molar-refractivity contribution in [1.82, 2.24) is 15.5 Å². The number of benzene rings is 1. The number of carbonyl (C=O) groups excluding carboxylic acids is 3. The third-order valence-corrected chi connectivity index (χ3v) is 4.69. The van der Waals surface area contributed by atoms with Crippen molar-refractivity contribution >= 4 is 17.8 Å². The zero-order valence-corrected chi connectivity index (χ0v) is 15.1. The summed E-state index contributed by atoms with van der Waals surface area (Å²) in [6.45, 7) is 1.61. The van der Waals surface area contributed by atoms with Gasteiger partial charge >= 0.3 is 6.03 Å². The number of carbonyl (C=O) groups is 3. The summed E-state index contributed by atoms with van der Waals surface area (Å²) in [5, 5.41) is 5.25. The predicted octanol–water partition coefficient (Wildman–Crippen LogP) is 1.00. The van der Waals surface area contributed by atoms with Gasteiger partial charge in [-0.1, -0.05) is 12.1 Å². The molecular weight excluding hydrogens is 366 g/mol. The summed E-state index contributed by atoms with van der Waals surface area (Å²) in [6, 6.07) is 9.84. The van der Waals surface area contributed by atoms with Crippen molar-refractivity contribution in [2.75, 3.05) is 19.7 Å². The van der Waals surface area contributed by atoms with Crippen molar-refractivity contribution < 1.29 is 28.3 Å². The van der Waals surface area contributed by atoms with Gasteiger partial charge in [-0.3, -0.25) is 14.5 Å². The molecule has 0 unspecified atom stereocenters. The van der Waals surface area contributed by atoms with Crippen molar-refractivity contribution in [3.05, 3.63) is 48.4 Å². The molecule has 2 N–H and O–H groups in total. The smallest absolute Gasteiger partial charge is 0.325 e. The van der Waals surface area contributed by atoms with E-state index in [0.717, 1.165) is 4.90 Å². The number of hydrogen-bond acceptors (Lipinski definition) is 6. The molecule has 146 valence electrons. The Labute approximate surface area is 160 Å². The number of amides is 4. The summed E-state index contributed by atoms with van der Waals surface area (Å²) in [7, 11) is 0. The number of urea groups is 1. The summed E-state index contributed by atoms with van der Waals surface area (Å²) in [6.07, 6.45) is 1.05. The molecule has 1 aromatic carbocycles. The van der Waals surface area contributed by atoms with Gasteiger partial charge in [-0.05, 0) is 31.2 Å². The Kier molecular flexibility index (Phi) is 4.42. The number of furan rings is 1. The Morgan fingerprint density at radius 3 is 2.79 bits per heavy atom. The number of para-hydroxylation sites is 2. The fourth-order valence-corrected chi connectivity index (χ4v) is 3.16. The number of nitrogens with one attached hydrogen (secondary N) is 2. The highest BCUT2D eigenvalue weighted by atomic mass is 16.6. The second-order valence-electron chi connectivity index (χ2n) is 6.73. The van der Waals surface area contributed by atoms with Crippen LogP contribution in [0.3, 0.4) is 0 Å². The molecule has 1 saturated heterocycles. The maximum atomic E-state index is 12.7. The fraction of sp³-hybridized carbons (Fsp3) is 0.316. The number of imide groups is 1. The van der Waals surface area contributed by atoms with Gasteiger partial charge in [-0.15, -0.1) is 0 Å². The third kappa shape index (κ3) is 3.15. The van der Waals surface area contributed by atoms with Crippen LogP contribution in [0.5, 0.6) is 11.5 Å². The molecule has 1 fully saturated rings. The van der Waals surface area contributed by atoms with Crippen LogP contribution < -0.4 is 20.1 Å². The molecule has 2 atom stereocenters. The Hall–Kier alpha value is -3.49. The molecule has 0 bridgehead atoms. The van der Waals surface area contributed by atoms with Crippen LogP contribution in [-0.4, -0.2) is 48.5 Å². The molecule has 1 aromatic heterocycles. The monoisotopic (exact) mass is 385 g/mol. The lowest BCUT2D eigenvalue weighted by Crippen LogP contribution is -2.46. The van der Waals surface area contributed by atoms with Crippen molar-refractivity contribution in [3.63, 3.8) is 0 Å². The van der Waals surface area contributed by atoms with Gasteiger partial charge in [0.2, 0.25) is 5.91 Å². The highest BCUT2D eigenvalue weighted by molar-refractivity contribution is 6.08. The minimum absolute atomic E-state index is 0.187. The van der Waals surface area contributed by atoms with E-state index < -0.39 is 29.9 Å². The second kappa shape index (κ2) is 6.91. The summed E-state index contributed by atoms with van der Waals surface area (Å²) in [4.78, 5) is 38.0. The Bertz CT molecular complexity index is 912. The van der Waals surface area contributed by atoms with Crippen LogP contribution in [0.15, 0.2) is 47.1 Å². The molecule has 2 aromatic rings. The van der Waals surface area contributed by atoms with Gasteiger partial charge in [-0.25, -0.2) is 4.79 Å². The molecule has 28 heavy (non-hydrogen) atoms. The van der Waals surface area contributed by atoms with E-state index in [9.17, 15) is 14.4 Å². The van der Waals surface area contributed by atoms with Crippen molar-refractivity contribution in [2.45, 2.75) is 18.6 Å². The maximum Gasteiger partial charge on any atom is 0.325 e. The van der Waals surface area contributed by atoms with Crippen molar-refractivity contribution in [1.29, 1.82) is 0 Å². The molecule has 4 rings (SSSR count). The van der Waals surface area contributed by atoms with Gasteiger partial charge in [0, 0.05) is 0 Å². The topological polar surface area (TPSA) is 110 Å². The molecular formula is C19H19N3O6. The van der Waals surface area contributed by atoms with Gasteiger partial charge in [-0.2, -0.15) is 0 Å². The molecule has 2 aliphatic heterocycles. The van der Waals surface area contributed by atoms with Crippen LogP contribution in [0.25, 0.3) is 0 Å². The molecule has 0 spiro atoms. The van der Waals surface area contributed by atoms with E-state index >= 15 is 0 Å². The van der Waals surface area contributed by atoms with Crippen molar-refractivity contribution in [3.8, 4) is 11.5 Å². The average molecular weight is 385 g/mol. The highest BCUT2D eigenvalue weighted by Crippen LogP contribution is 2.31. The van der Waals surface area contributed by atoms with Crippen LogP contribution in [-0.2, 0) is 15.1 Å². The molecule has 9 nitrogen and oxygen atoms in total. The molecule has 9 heteroatoms. The first kappa shape index (κ1) is 17.9. The SMILES string of the molecule is C[C@]1(c2ccco2)NC(=O)N(CC(=O)NC[C@@H]2COc3ccccc3O2)C1=O. The van der Waals surface area contributed by atoms with Gasteiger partial charge in [0.05, 0.1) is 12.8 Å². The van der Waals surface area contributed by atoms with E-state index in [0.29, 0.717) is 17.3 Å². The van der Waals surface area contributed by atoms with E-state index in [1.165, 1.54) is 13.2 Å². The Morgan fingerprint density at radius 1 is 1.25 bits per heavy atom. The van der Waals surface area contributed by atoms with Crippen LogP contribution in [0.2, 0.25) is 0 Å². The van der Waals surface area contributed by atoms with Crippen LogP contribution in [0.1, 0.15) is 12.7 Å². The maximum absolute atomic E-state index is 12.7. The van der Waals surface area contributed by atoms with Crippen molar-refractivity contribution in [2.24, 2.45) is 0 Å². The third-order valence-electron chi connectivity index (χ3n) is 4.69. The summed E-state index contributed by atoms with van der Waals surface area (Å²) >= 11 is 0. The summed E-state index contributed by atoms with van der Waals surface area (Å²) in [5.74, 6) is 0.543. The molecule has 2 aliphatic rings. The molecule has 3 heterocycles. The van der Waals surface area contributed by atoms with E-state index in [2.05, 4.69) is 10.6 Å². The standard InChI is InChI=1S/C19H19N3O6/c1-19(15-7-4-8-26-15)17(24)22(18(25)21-19)10-16(23)20-9-12-11-27-13-5-2-3-6-14(13)28-12/h2-8,12H,9-11H2,1H3,(H,20,23)(H,21,25)/t12-,19-/m1/s1. The van der Waals surface area contributed by atoms with Crippen LogP contribution in [0, 0.1) is 0 Å². The first-order chi connectivity index (χ1) is 13.5. The molecule has 0 aliphatic carbocycles. The zero-order valence-electron chi connectivity index (χ0n) is 15.1. The number of fused-ring (bicyclic) bond motifs is 1. The highest BCUT2D eigenvalue weighted by Gasteiger charge is 2.51. The molecule has 0 saturated carbocycles. The lowest BCUT2D eigenvalue weighted by Gasteiger charge is -2.26. The first-order valence-electron chi connectivity index (χ1n) is 8.80. The normalized spacial score (nSPS) is 23.5. The lowest BCUT2D eigenvalue weighted by atomic mass is 9.99. The zero-order chi connectivity index (χ0) is 19.7. The molecule has 0 radical (unpaired) electrons. The predicted molar refractivity (Wildman–Crippen MR) is 95.7 cm³/mol. The van der Waals surface area contributed by atoms with E-state index in [-0.39, 0.29) is 19.3 Å². The number of hydrogen-bond donors (Lipinski definition) is 2. The second-order valence-corrected chi connectivity index (χ2v) is 6.73. The summed E-state index contributed by atoms with van der Waals surface area (Å²) in [5.41, 5.74) is -1.33. The minimum Gasteiger partial charge on any atom is -0.486 e.